The third kappa shape index (κ3) is 4.03. The minimum atomic E-state index is -0.239. The molecule has 2 spiro atoms. The number of likely N-dealkylation sites (tertiary alicyclic amines) is 3. The highest BCUT2D eigenvalue weighted by Crippen LogP contribution is 2.52. The maximum Gasteiger partial charge on any atom is 0.255 e. The quantitative estimate of drug-likeness (QED) is 0.721. The molecule has 0 N–H and O–H groups in total. The third-order valence-electron chi connectivity index (χ3n) is 8.09. The monoisotopic (exact) mass is 447 g/mol. The van der Waals surface area contributed by atoms with E-state index in [0.717, 1.165) is 58.3 Å². The first-order chi connectivity index (χ1) is 16.1. The van der Waals surface area contributed by atoms with E-state index in [0.29, 0.717) is 24.6 Å². The second kappa shape index (κ2) is 8.86. The number of nitrogens with zero attached hydrogens (tertiary/aromatic N) is 5. The Labute approximate surface area is 195 Å². The van der Waals surface area contributed by atoms with Crippen molar-refractivity contribution < 1.29 is 9.59 Å². The van der Waals surface area contributed by atoms with Crippen LogP contribution in [0.3, 0.4) is 0 Å². The average molecular weight is 448 g/mol. The minimum absolute atomic E-state index is 0.0451. The van der Waals surface area contributed by atoms with Crippen LogP contribution in [0, 0.1) is 5.41 Å². The summed E-state index contributed by atoms with van der Waals surface area (Å²) in [5, 5.41) is 0. The van der Waals surface area contributed by atoms with Gasteiger partial charge in [0.1, 0.15) is 0 Å². The van der Waals surface area contributed by atoms with Crippen molar-refractivity contribution in [3.05, 3.63) is 60.2 Å². The molecule has 5 heterocycles. The van der Waals surface area contributed by atoms with Crippen molar-refractivity contribution >= 4 is 11.8 Å². The average Bonchev–Trinajstić information content (AvgIpc) is 3.08. The van der Waals surface area contributed by atoms with E-state index in [9.17, 15) is 9.59 Å². The van der Waals surface area contributed by atoms with E-state index in [2.05, 4.69) is 32.8 Å². The van der Waals surface area contributed by atoms with Gasteiger partial charge in [-0.1, -0.05) is 6.07 Å². The van der Waals surface area contributed by atoms with Crippen LogP contribution in [-0.4, -0.2) is 74.7 Å². The third-order valence-corrected chi connectivity index (χ3v) is 8.09. The molecular weight excluding hydrogens is 414 g/mol. The van der Waals surface area contributed by atoms with Gasteiger partial charge in [0, 0.05) is 56.5 Å². The normalized spacial score (nSPS) is 22.3. The van der Waals surface area contributed by atoms with Crippen molar-refractivity contribution in [2.24, 2.45) is 5.41 Å². The van der Waals surface area contributed by atoms with E-state index >= 15 is 0 Å². The first-order valence-electron chi connectivity index (χ1n) is 12.2. The van der Waals surface area contributed by atoms with Gasteiger partial charge in [0.05, 0.1) is 11.0 Å². The fourth-order valence-corrected chi connectivity index (χ4v) is 6.31. The topological polar surface area (TPSA) is 69.6 Å². The molecule has 33 heavy (non-hydrogen) atoms. The van der Waals surface area contributed by atoms with E-state index in [-0.39, 0.29) is 16.9 Å². The van der Waals surface area contributed by atoms with Gasteiger partial charge in [-0.25, -0.2) is 0 Å². The standard InChI is InChI=1S/C26H33N5O2/c1-2-31-24(33)25(7-13-29(14-8-25)19-21-5-3-11-27-17-21)20-26(31)9-15-30(16-10-26)23(32)22-6-4-12-28-18-22/h3-6,11-12,17-18H,2,7-10,13-16,19-20H2,1H3. The van der Waals surface area contributed by atoms with E-state index in [4.69, 9.17) is 0 Å². The maximum atomic E-state index is 13.7. The number of rotatable bonds is 4. The fourth-order valence-electron chi connectivity index (χ4n) is 6.31. The molecule has 0 unspecified atom stereocenters. The van der Waals surface area contributed by atoms with Crippen molar-refractivity contribution in [2.75, 3.05) is 32.7 Å². The lowest BCUT2D eigenvalue weighted by Gasteiger charge is -2.45. The summed E-state index contributed by atoms with van der Waals surface area (Å²) in [6, 6.07) is 7.73. The number of piperidine rings is 2. The lowest BCUT2D eigenvalue weighted by molar-refractivity contribution is -0.140. The zero-order valence-electron chi connectivity index (χ0n) is 19.4. The summed E-state index contributed by atoms with van der Waals surface area (Å²) < 4.78 is 0. The Hall–Kier alpha value is -2.80. The van der Waals surface area contributed by atoms with E-state index in [1.807, 2.05) is 23.2 Å². The summed E-state index contributed by atoms with van der Waals surface area (Å²) in [4.78, 5) is 41.5. The van der Waals surface area contributed by atoms with Gasteiger partial charge in [-0.05, 0) is 75.9 Å². The number of carbonyl (C=O) groups excluding carboxylic acids is 2. The van der Waals surface area contributed by atoms with Crippen molar-refractivity contribution in [2.45, 2.75) is 51.1 Å². The summed E-state index contributed by atoms with van der Waals surface area (Å²) >= 11 is 0. The molecule has 3 aliphatic rings. The Bertz CT molecular complexity index is 980. The van der Waals surface area contributed by atoms with Gasteiger partial charge in [0.15, 0.2) is 0 Å². The Morgan fingerprint density at radius 3 is 2.27 bits per heavy atom. The lowest BCUT2D eigenvalue weighted by Crippen LogP contribution is -2.54. The molecule has 2 amide bonds. The number of pyridine rings is 2. The molecule has 0 radical (unpaired) electrons. The van der Waals surface area contributed by atoms with Gasteiger partial charge in [0.25, 0.3) is 5.91 Å². The van der Waals surface area contributed by atoms with Gasteiger partial charge in [-0.15, -0.1) is 0 Å². The van der Waals surface area contributed by atoms with Gasteiger partial charge in [-0.3, -0.25) is 24.5 Å². The Morgan fingerprint density at radius 2 is 1.67 bits per heavy atom. The minimum Gasteiger partial charge on any atom is -0.338 e. The van der Waals surface area contributed by atoms with Crippen LogP contribution < -0.4 is 0 Å². The summed E-state index contributed by atoms with van der Waals surface area (Å²) in [5.41, 5.74) is 1.52. The zero-order chi connectivity index (χ0) is 22.9. The molecule has 2 aromatic heterocycles. The van der Waals surface area contributed by atoms with Crippen molar-refractivity contribution in [1.82, 2.24) is 24.7 Å². The van der Waals surface area contributed by atoms with Gasteiger partial charge >= 0.3 is 0 Å². The van der Waals surface area contributed by atoms with Crippen molar-refractivity contribution in [3.63, 3.8) is 0 Å². The van der Waals surface area contributed by atoms with Crippen LogP contribution in [0.15, 0.2) is 49.1 Å². The highest BCUT2D eigenvalue weighted by molar-refractivity contribution is 5.94. The van der Waals surface area contributed by atoms with E-state index < -0.39 is 0 Å². The molecule has 7 heteroatoms. The van der Waals surface area contributed by atoms with Gasteiger partial charge < -0.3 is 9.80 Å². The molecule has 3 aliphatic heterocycles. The maximum absolute atomic E-state index is 13.7. The molecule has 0 bridgehead atoms. The number of carbonyl (C=O) groups is 2. The second-order valence-electron chi connectivity index (χ2n) is 9.90. The highest BCUT2D eigenvalue weighted by atomic mass is 16.2. The summed E-state index contributed by atoms with van der Waals surface area (Å²) in [6.07, 6.45) is 11.6. The van der Waals surface area contributed by atoms with Crippen LogP contribution in [0.25, 0.3) is 0 Å². The Kier molecular flexibility index (Phi) is 5.91. The molecule has 7 nitrogen and oxygen atoms in total. The van der Waals surface area contributed by atoms with Crippen LogP contribution >= 0.6 is 0 Å². The van der Waals surface area contributed by atoms with E-state index in [1.54, 1.807) is 24.7 Å². The molecule has 2 aromatic rings. The summed E-state index contributed by atoms with van der Waals surface area (Å²) in [7, 11) is 0. The van der Waals surface area contributed by atoms with Crippen LogP contribution in [0.5, 0.6) is 0 Å². The molecule has 0 atom stereocenters. The first-order valence-corrected chi connectivity index (χ1v) is 12.2. The number of amides is 2. The molecule has 3 saturated heterocycles. The molecule has 0 aliphatic carbocycles. The number of aromatic nitrogens is 2. The predicted molar refractivity (Wildman–Crippen MR) is 125 cm³/mol. The SMILES string of the molecule is CCN1C(=O)C2(CCN(Cc3cccnc3)CC2)CC12CCN(C(=O)c1cccnc1)CC2. The molecule has 174 valence electrons. The molecule has 0 aromatic carbocycles. The number of hydrogen-bond acceptors (Lipinski definition) is 5. The number of hydrogen-bond donors (Lipinski definition) is 0. The van der Waals surface area contributed by atoms with E-state index in [1.165, 1.54) is 5.56 Å². The molecule has 3 fully saturated rings. The largest absolute Gasteiger partial charge is 0.338 e. The Morgan fingerprint density at radius 1 is 0.970 bits per heavy atom. The smallest absolute Gasteiger partial charge is 0.255 e. The zero-order valence-corrected chi connectivity index (χ0v) is 19.4. The van der Waals surface area contributed by atoms with Crippen LogP contribution in [0.2, 0.25) is 0 Å². The van der Waals surface area contributed by atoms with Crippen molar-refractivity contribution in [3.8, 4) is 0 Å². The van der Waals surface area contributed by atoms with Crippen molar-refractivity contribution in [1.29, 1.82) is 0 Å². The highest BCUT2D eigenvalue weighted by Gasteiger charge is 2.59. The van der Waals surface area contributed by atoms with Crippen LogP contribution in [0.1, 0.15) is 54.9 Å². The van der Waals surface area contributed by atoms with Crippen LogP contribution in [0.4, 0.5) is 0 Å². The summed E-state index contributed by atoms with van der Waals surface area (Å²) in [6.45, 7) is 7.02. The molecular formula is C26H33N5O2. The first kappa shape index (κ1) is 22.0. The molecule has 5 rings (SSSR count). The summed E-state index contributed by atoms with van der Waals surface area (Å²) in [5.74, 6) is 0.391. The lowest BCUT2D eigenvalue weighted by atomic mass is 9.71. The second-order valence-corrected chi connectivity index (χ2v) is 9.90. The molecule has 0 saturated carbocycles. The van der Waals surface area contributed by atoms with Gasteiger partial charge in [-0.2, -0.15) is 0 Å². The van der Waals surface area contributed by atoms with Crippen LogP contribution in [-0.2, 0) is 11.3 Å². The predicted octanol–water partition coefficient (Wildman–Crippen LogP) is 2.99. The fraction of sp³-hybridized carbons (Fsp3) is 0.538. The van der Waals surface area contributed by atoms with Gasteiger partial charge in [0.2, 0.25) is 5.91 Å². The Balaban J connectivity index is 1.25.